The molecule has 3 heterocycles. The molecule has 1 amide bonds. The maximum absolute atomic E-state index is 13.9. The van der Waals surface area contributed by atoms with Crippen LogP contribution in [0.4, 0.5) is 10.2 Å². The van der Waals surface area contributed by atoms with Crippen LogP contribution in [0.15, 0.2) is 24.4 Å². The van der Waals surface area contributed by atoms with Gasteiger partial charge in [-0.2, -0.15) is 5.10 Å². The predicted octanol–water partition coefficient (Wildman–Crippen LogP) is 2.41. The van der Waals surface area contributed by atoms with E-state index in [2.05, 4.69) is 20.6 Å². The number of hydrogen-bond acceptors (Lipinski definition) is 4. The van der Waals surface area contributed by atoms with E-state index in [0.29, 0.717) is 17.9 Å². The topological polar surface area (TPSA) is 62.2 Å². The van der Waals surface area contributed by atoms with E-state index in [1.54, 1.807) is 6.07 Å². The van der Waals surface area contributed by atoms with Gasteiger partial charge in [0.25, 0.3) is 5.91 Å². The van der Waals surface area contributed by atoms with Gasteiger partial charge in [-0.1, -0.05) is 0 Å². The number of rotatable bonds is 6. The third kappa shape index (κ3) is 4.36. The number of anilines is 1. The van der Waals surface area contributed by atoms with Gasteiger partial charge in [-0.15, -0.1) is 0 Å². The average Bonchev–Trinajstić information content (AvgIpc) is 3.33. The number of nitrogens with zero attached hydrogens (tertiary/aromatic N) is 3. The van der Waals surface area contributed by atoms with Gasteiger partial charge < -0.3 is 15.5 Å². The molecule has 1 saturated heterocycles. The lowest BCUT2D eigenvalue weighted by molar-refractivity contribution is 0.102. The average molecular weight is 371 g/mol. The van der Waals surface area contributed by atoms with Crippen LogP contribution in [0.25, 0.3) is 0 Å². The highest BCUT2D eigenvalue weighted by atomic mass is 19.1. The number of nitrogens with one attached hydrogen (secondary N) is 2. The number of carbonyl (C=O) groups excluding carboxylic acids is 1. The number of hydrogen-bond donors (Lipinski definition) is 2. The molecule has 2 aliphatic rings. The minimum absolute atomic E-state index is 0.296. The smallest absolute Gasteiger partial charge is 0.257 e. The number of benzene rings is 1. The quantitative estimate of drug-likeness (QED) is 0.819. The molecule has 6 nitrogen and oxygen atoms in total. The monoisotopic (exact) mass is 371 g/mol. The van der Waals surface area contributed by atoms with Crippen molar-refractivity contribution >= 4 is 11.7 Å². The molecule has 0 saturated carbocycles. The Labute approximate surface area is 158 Å². The van der Waals surface area contributed by atoms with Gasteiger partial charge in [0, 0.05) is 30.9 Å². The van der Waals surface area contributed by atoms with Crippen LogP contribution in [0.1, 0.15) is 40.7 Å². The molecule has 0 spiro atoms. The number of halogens is 1. The Bertz CT molecular complexity index is 813. The first-order chi connectivity index (χ1) is 13.2. The van der Waals surface area contributed by atoms with Crippen molar-refractivity contribution in [1.82, 2.24) is 20.0 Å². The summed E-state index contributed by atoms with van der Waals surface area (Å²) in [5, 5.41) is 10.5. The van der Waals surface area contributed by atoms with Gasteiger partial charge in [-0.25, -0.2) is 4.39 Å². The van der Waals surface area contributed by atoms with Gasteiger partial charge in [0.05, 0.1) is 0 Å². The van der Waals surface area contributed by atoms with E-state index >= 15 is 0 Å². The zero-order valence-electron chi connectivity index (χ0n) is 15.5. The van der Waals surface area contributed by atoms with E-state index in [0.717, 1.165) is 43.6 Å². The SMILES string of the molecule is O=C(Nc1ccn(CCCN2CCCC2)n1)c1cc(F)cc2c1CCNC2. The molecule has 1 fully saturated rings. The van der Waals surface area contributed by atoms with Gasteiger partial charge in [-0.05, 0) is 75.1 Å². The zero-order valence-corrected chi connectivity index (χ0v) is 15.5. The maximum atomic E-state index is 13.9. The van der Waals surface area contributed by atoms with Crippen molar-refractivity contribution in [3.8, 4) is 0 Å². The van der Waals surface area contributed by atoms with Crippen LogP contribution in [0.2, 0.25) is 0 Å². The van der Waals surface area contributed by atoms with E-state index in [1.165, 1.54) is 38.1 Å². The van der Waals surface area contributed by atoms with Gasteiger partial charge in [-0.3, -0.25) is 9.48 Å². The summed E-state index contributed by atoms with van der Waals surface area (Å²) in [5.74, 6) is -0.168. The fourth-order valence-electron chi connectivity index (χ4n) is 3.98. The molecule has 0 radical (unpaired) electrons. The van der Waals surface area contributed by atoms with Crippen molar-refractivity contribution in [3.05, 3.63) is 46.9 Å². The van der Waals surface area contributed by atoms with Crippen LogP contribution in [0, 0.1) is 5.82 Å². The molecular weight excluding hydrogens is 345 g/mol. The first kappa shape index (κ1) is 18.1. The Morgan fingerprint density at radius 1 is 1.26 bits per heavy atom. The number of aromatic nitrogens is 2. The minimum atomic E-state index is -0.380. The fraction of sp³-hybridized carbons (Fsp3) is 0.500. The summed E-state index contributed by atoms with van der Waals surface area (Å²) in [4.78, 5) is 15.2. The normalized spacial score (nSPS) is 17.1. The highest BCUT2D eigenvalue weighted by molar-refractivity contribution is 6.05. The number of fused-ring (bicyclic) bond motifs is 1. The molecule has 7 heteroatoms. The predicted molar refractivity (Wildman–Crippen MR) is 102 cm³/mol. The molecule has 1 aromatic heterocycles. The molecule has 0 unspecified atom stereocenters. The van der Waals surface area contributed by atoms with Crippen LogP contribution >= 0.6 is 0 Å². The molecule has 2 N–H and O–H groups in total. The highest BCUT2D eigenvalue weighted by Gasteiger charge is 2.20. The molecule has 4 rings (SSSR count). The van der Waals surface area contributed by atoms with Gasteiger partial charge in [0.15, 0.2) is 5.82 Å². The number of aryl methyl sites for hydroxylation is 1. The summed E-state index contributed by atoms with van der Waals surface area (Å²) in [6, 6.07) is 4.63. The summed E-state index contributed by atoms with van der Waals surface area (Å²) in [6.07, 6.45) is 6.25. The second-order valence-electron chi connectivity index (χ2n) is 7.34. The first-order valence-electron chi connectivity index (χ1n) is 9.78. The lowest BCUT2D eigenvalue weighted by atomic mass is 9.95. The summed E-state index contributed by atoms with van der Waals surface area (Å²) < 4.78 is 15.8. The molecule has 0 bridgehead atoms. The highest BCUT2D eigenvalue weighted by Crippen LogP contribution is 2.22. The van der Waals surface area contributed by atoms with E-state index in [1.807, 2.05) is 10.9 Å². The Kier molecular flexibility index (Phi) is 5.50. The standard InChI is InChI=1S/C20H26FN5O/c21-16-12-15-14-22-6-4-17(15)18(13-16)20(27)23-19-5-11-26(24-19)10-3-9-25-7-1-2-8-25/h5,11-13,22H,1-4,6-10,14H2,(H,23,24,27). The number of carbonyl (C=O) groups is 1. The molecule has 0 aliphatic carbocycles. The van der Waals surface area contributed by atoms with Crippen LogP contribution < -0.4 is 10.6 Å². The van der Waals surface area contributed by atoms with Gasteiger partial charge >= 0.3 is 0 Å². The Hall–Kier alpha value is -2.25. The van der Waals surface area contributed by atoms with Crippen LogP contribution in [-0.4, -0.2) is 46.8 Å². The van der Waals surface area contributed by atoms with E-state index in [4.69, 9.17) is 0 Å². The van der Waals surface area contributed by atoms with Crippen molar-refractivity contribution in [2.75, 3.05) is 31.5 Å². The van der Waals surface area contributed by atoms with E-state index in [9.17, 15) is 9.18 Å². The fourth-order valence-corrected chi connectivity index (χ4v) is 3.98. The van der Waals surface area contributed by atoms with E-state index in [-0.39, 0.29) is 11.7 Å². The largest absolute Gasteiger partial charge is 0.312 e. The molecule has 1 aromatic carbocycles. The lowest BCUT2D eigenvalue weighted by Gasteiger charge is -2.20. The lowest BCUT2D eigenvalue weighted by Crippen LogP contribution is -2.27. The van der Waals surface area contributed by atoms with Crippen LogP contribution in [0.5, 0.6) is 0 Å². The third-order valence-corrected chi connectivity index (χ3v) is 5.36. The van der Waals surface area contributed by atoms with Crippen LogP contribution in [-0.2, 0) is 19.5 Å². The van der Waals surface area contributed by atoms with Crippen molar-refractivity contribution in [1.29, 1.82) is 0 Å². The molecule has 144 valence electrons. The van der Waals surface area contributed by atoms with Crippen molar-refractivity contribution in [2.24, 2.45) is 0 Å². The third-order valence-electron chi connectivity index (χ3n) is 5.36. The van der Waals surface area contributed by atoms with Crippen molar-refractivity contribution in [2.45, 2.75) is 38.8 Å². The number of amides is 1. The van der Waals surface area contributed by atoms with Crippen molar-refractivity contribution < 1.29 is 9.18 Å². The Morgan fingerprint density at radius 2 is 2.11 bits per heavy atom. The Morgan fingerprint density at radius 3 is 2.96 bits per heavy atom. The molecule has 2 aromatic rings. The summed E-state index contributed by atoms with van der Waals surface area (Å²) in [7, 11) is 0. The van der Waals surface area contributed by atoms with E-state index < -0.39 is 0 Å². The minimum Gasteiger partial charge on any atom is -0.312 e. The first-order valence-corrected chi connectivity index (χ1v) is 9.78. The second-order valence-corrected chi connectivity index (χ2v) is 7.34. The van der Waals surface area contributed by atoms with Crippen LogP contribution in [0.3, 0.4) is 0 Å². The number of likely N-dealkylation sites (tertiary alicyclic amines) is 1. The molecule has 0 atom stereocenters. The summed E-state index contributed by atoms with van der Waals surface area (Å²) in [6.45, 7) is 5.71. The summed E-state index contributed by atoms with van der Waals surface area (Å²) >= 11 is 0. The van der Waals surface area contributed by atoms with Gasteiger partial charge in [0.1, 0.15) is 5.82 Å². The Balaban J connectivity index is 1.37. The molecule has 2 aliphatic heterocycles. The van der Waals surface area contributed by atoms with Crippen molar-refractivity contribution in [3.63, 3.8) is 0 Å². The second kappa shape index (κ2) is 8.19. The molecular formula is C20H26FN5O. The summed E-state index contributed by atoms with van der Waals surface area (Å²) in [5.41, 5.74) is 2.20. The maximum Gasteiger partial charge on any atom is 0.257 e. The molecule has 27 heavy (non-hydrogen) atoms. The zero-order chi connectivity index (χ0) is 18.6. The van der Waals surface area contributed by atoms with Gasteiger partial charge in [0.2, 0.25) is 0 Å².